The minimum absolute atomic E-state index is 0.194. The van der Waals surface area contributed by atoms with Crippen LogP contribution in [0.1, 0.15) is 17.2 Å². The van der Waals surface area contributed by atoms with Crippen molar-refractivity contribution in [1.29, 1.82) is 5.26 Å². The highest BCUT2D eigenvalue weighted by Crippen LogP contribution is 2.35. The van der Waals surface area contributed by atoms with Crippen LogP contribution >= 0.6 is 0 Å². The van der Waals surface area contributed by atoms with Crippen LogP contribution in [0.2, 0.25) is 0 Å². The fraction of sp³-hybridized carbons (Fsp3) is 0.200. The van der Waals surface area contributed by atoms with Crippen LogP contribution in [0.4, 0.5) is 26.3 Å². The zero-order valence-electron chi connectivity index (χ0n) is 13.4. The molecule has 0 radical (unpaired) electrons. The number of rotatable bonds is 5. The number of nitriles is 1. The van der Waals surface area contributed by atoms with E-state index < -0.39 is 44.8 Å². The van der Waals surface area contributed by atoms with Gasteiger partial charge in [0.2, 0.25) is 10.0 Å². The smallest absolute Gasteiger partial charge is 0.406 e. The van der Waals surface area contributed by atoms with Crippen molar-refractivity contribution in [3.05, 3.63) is 53.9 Å². The summed E-state index contributed by atoms with van der Waals surface area (Å²) in [6.45, 7) is 0. The molecule has 0 bridgehead atoms. The van der Waals surface area contributed by atoms with Gasteiger partial charge in [0.05, 0.1) is 5.56 Å². The first kappa shape index (κ1) is 21.5. The molecular weight excluding hydrogens is 416 g/mol. The standard InChI is InChI=1S/C15H9F6N3O3S/c16-14(17,18)13(10-1-3-11(4-2-10)27-15(19,20)21)24-28(25,26)12-5-9(6-22)7-23-8-12/h1-5,7-8,13,24H. The molecule has 0 fully saturated rings. The summed E-state index contributed by atoms with van der Waals surface area (Å²) in [7, 11) is -4.76. The fourth-order valence-corrected chi connectivity index (χ4v) is 3.23. The van der Waals surface area contributed by atoms with Gasteiger partial charge in [-0.1, -0.05) is 12.1 Å². The lowest BCUT2D eigenvalue weighted by atomic mass is 10.1. The summed E-state index contributed by atoms with van der Waals surface area (Å²) in [5.74, 6) is -0.772. The van der Waals surface area contributed by atoms with Gasteiger partial charge < -0.3 is 4.74 Å². The molecule has 1 unspecified atom stereocenters. The first-order valence-corrected chi connectivity index (χ1v) is 8.60. The average molecular weight is 425 g/mol. The van der Waals surface area contributed by atoms with Crippen molar-refractivity contribution in [3.8, 4) is 11.8 Å². The normalized spacial score (nSPS) is 13.6. The lowest BCUT2D eigenvalue weighted by Crippen LogP contribution is -2.38. The van der Waals surface area contributed by atoms with Crippen molar-refractivity contribution in [2.45, 2.75) is 23.5 Å². The molecule has 2 aromatic rings. The Morgan fingerprint density at radius 1 is 1.07 bits per heavy atom. The summed E-state index contributed by atoms with van der Waals surface area (Å²) in [6.07, 6.45) is -8.39. The van der Waals surface area contributed by atoms with Crippen LogP contribution in [0.5, 0.6) is 5.75 Å². The van der Waals surface area contributed by atoms with E-state index in [2.05, 4.69) is 9.72 Å². The Morgan fingerprint density at radius 3 is 2.18 bits per heavy atom. The van der Waals surface area contributed by atoms with Crippen molar-refractivity contribution < 1.29 is 39.5 Å². The Kier molecular flexibility index (Phi) is 5.86. The van der Waals surface area contributed by atoms with Crippen LogP contribution in [-0.2, 0) is 10.0 Å². The van der Waals surface area contributed by atoms with Gasteiger partial charge in [-0.05, 0) is 23.8 Å². The molecule has 1 aromatic carbocycles. The van der Waals surface area contributed by atoms with Crippen molar-refractivity contribution in [2.24, 2.45) is 0 Å². The van der Waals surface area contributed by atoms with E-state index in [1.165, 1.54) is 4.72 Å². The minimum atomic E-state index is -5.11. The Morgan fingerprint density at radius 2 is 1.68 bits per heavy atom. The fourth-order valence-electron chi connectivity index (χ4n) is 2.04. The Labute approximate surface area is 154 Å². The third kappa shape index (κ3) is 5.57. The van der Waals surface area contributed by atoms with Crippen LogP contribution < -0.4 is 9.46 Å². The van der Waals surface area contributed by atoms with Gasteiger partial charge in [0.1, 0.15) is 22.8 Å². The van der Waals surface area contributed by atoms with E-state index in [0.717, 1.165) is 18.5 Å². The van der Waals surface area contributed by atoms with Gasteiger partial charge in [0.25, 0.3) is 0 Å². The lowest BCUT2D eigenvalue weighted by Gasteiger charge is -2.22. The molecule has 0 spiro atoms. The summed E-state index contributed by atoms with van der Waals surface area (Å²) in [5.41, 5.74) is -0.866. The van der Waals surface area contributed by atoms with Crippen molar-refractivity contribution in [2.75, 3.05) is 0 Å². The molecule has 0 saturated heterocycles. The van der Waals surface area contributed by atoms with Crippen molar-refractivity contribution in [3.63, 3.8) is 0 Å². The Balaban J connectivity index is 2.36. The first-order chi connectivity index (χ1) is 12.8. The molecule has 0 aliphatic rings. The maximum absolute atomic E-state index is 13.4. The van der Waals surface area contributed by atoms with Gasteiger partial charge >= 0.3 is 12.5 Å². The van der Waals surface area contributed by atoms with E-state index in [1.807, 2.05) is 0 Å². The number of ether oxygens (including phenoxy) is 1. The van der Waals surface area contributed by atoms with Crippen molar-refractivity contribution >= 4 is 10.0 Å². The van der Waals surface area contributed by atoms with Crippen LogP contribution in [0.3, 0.4) is 0 Å². The lowest BCUT2D eigenvalue weighted by molar-refractivity contribution is -0.274. The first-order valence-electron chi connectivity index (χ1n) is 7.12. The molecule has 1 heterocycles. The predicted octanol–water partition coefficient (Wildman–Crippen LogP) is 3.43. The summed E-state index contributed by atoms with van der Waals surface area (Å²) >= 11 is 0. The van der Waals surface area contributed by atoms with Gasteiger partial charge in [-0.3, -0.25) is 4.98 Å². The molecule has 1 atom stereocenters. The highest BCUT2D eigenvalue weighted by atomic mass is 32.2. The number of sulfonamides is 1. The van der Waals surface area contributed by atoms with Gasteiger partial charge in [0.15, 0.2) is 0 Å². The van der Waals surface area contributed by atoms with E-state index in [1.54, 1.807) is 6.07 Å². The molecule has 2 rings (SSSR count). The molecule has 6 nitrogen and oxygen atoms in total. The summed E-state index contributed by atoms with van der Waals surface area (Å²) in [4.78, 5) is 2.78. The molecule has 0 saturated carbocycles. The third-order valence-electron chi connectivity index (χ3n) is 3.20. The molecule has 1 N–H and O–H groups in total. The molecule has 13 heteroatoms. The van der Waals surface area contributed by atoms with E-state index in [4.69, 9.17) is 5.26 Å². The maximum Gasteiger partial charge on any atom is 0.573 e. The number of alkyl halides is 6. The van der Waals surface area contributed by atoms with Gasteiger partial charge in [-0.2, -0.15) is 23.2 Å². The van der Waals surface area contributed by atoms with Gasteiger partial charge in [0, 0.05) is 12.4 Å². The van der Waals surface area contributed by atoms with Gasteiger partial charge in [-0.25, -0.2) is 8.42 Å². The van der Waals surface area contributed by atoms with Crippen LogP contribution in [-0.4, -0.2) is 25.9 Å². The summed E-state index contributed by atoms with van der Waals surface area (Å²) in [6, 6.07) is 2.18. The van der Waals surface area contributed by atoms with Gasteiger partial charge in [-0.15, -0.1) is 13.2 Å². The highest BCUT2D eigenvalue weighted by molar-refractivity contribution is 7.89. The topological polar surface area (TPSA) is 92.1 Å². The quantitative estimate of drug-likeness (QED) is 0.741. The summed E-state index contributed by atoms with van der Waals surface area (Å²) in [5, 5.41) is 8.75. The second kappa shape index (κ2) is 7.64. The zero-order chi connectivity index (χ0) is 21.2. The number of hydrogen-bond donors (Lipinski definition) is 1. The molecule has 0 amide bonds. The van der Waals surface area contributed by atoms with E-state index in [0.29, 0.717) is 24.3 Å². The average Bonchev–Trinajstić information content (AvgIpc) is 2.58. The second-order valence-electron chi connectivity index (χ2n) is 5.23. The van der Waals surface area contributed by atoms with Crippen LogP contribution in [0.25, 0.3) is 0 Å². The molecule has 0 aliphatic heterocycles. The minimum Gasteiger partial charge on any atom is -0.406 e. The zero-order valence-corrected chi connectivity index (χ0v) is 14.2. The van der Waals surface area contributed by atoms with E-state index in [-0.39, 0.29) is 5.56 Å². The molecule has 150 valence electrons. The number of aromatic nitrogens is 1. The number of nitrogens with zero attached hydrogens (tertiary/aromatic N) is 2. The number of pyridine rings is 1. The SMILES string of the molecule is N#Cc1cncc(S(=O)(=O)NC(c2ccc(OC(F)(F)F)cc2)C(F)(F)F)c1. The Hall–Kier alpha value is -2.85. The number of hydrogen-bond acceptors (Lipinski definition) is 5. The Bertz CT molecular complexity index is 982. The molecule has 0 aliphatic carbocycles. The molecule has 1 aromatic heterocycles. The number of benzene rings is 1. The number of nitrogens with one attached hydrogen (secondary N) is 1. The highest BCUT2D eigenvalue weighted by Gasteiger charge is 2.43. The van der Waals surface area contributed by atoms with E-state index >= 15 is 0 Å². The van der Waals surface area contributed by atoms with Crippen LogP contribution in [0.15, 0.2) is 47.6 Å². The second-order valence-corrected chi connectivity index (χ2v) is 6.95. The summed E-state index contributed by atoms with van der Waals surface area (Å²) < 4.78 is 106. The monoisotopic (exact) mass is 425 g/mol. The van der Waals surface area contributed by atoms with E-state index in [9.17, 15) is 34.8 Å². The van der Waals surface area contributed by atoms with Crippen molar-refractivity contribution in [1.82, 2.24) is 9.71 Å². The third-order valence-corrected chi connectivity index (χ3v) is 4.59. The largest absolute Gasteiger partial charge is 0.573 e. The molecule has 28 heavy (non-hydrogen) atoms. The van der Waals surface area contributed by atoms with Crippen LogP contribution in [0, 0.1) is 11.3 Å². The molecular formula is C15H9F6N3O3S. The predicted molar refractivity (Wildman–Crippen MR) is 81.2 cm³/mol. The number of halogens is 6. The maximum atomic E-state index is 13.4.